The highest BCUT2D eigenvalue weighted by molar-refractivity contribution is 5.40. The summed E-state index contributed by atoms with van der Waals surface area (Å²) in [5, 5.41) is 0. The second-order valence-corrected chi connectivity index (χ2v) is 4.96. The van der Waals surface area contributed by atoms with Gasteiger partial charge in [-0.3, -0.25) is 0 Å². The van der Waals surface area contributed by atoms with Crippen molar-refractivity contribution < 1.29 is 0 Å². The van der Waals surface area contributed by atoms with Gasteiger partial charge in [0, 0.05) is 0 Å². The van der Waals surface area contributed by atoms with Crippen LogP contribution in [0.1, 0.15) is 12.8 Å². The molecule has 0 heteroatoms. The van der Waals surface area contributed by atoms with Crippen molar-refractivity contribution in [1.29, 1.82) is 0 Å². The topological polar surface area (TPSA) is 0 Å². The molecule has 0 aliphatic heterocycles. The molecule has 0 atom stereocenters. The lowest BCUT2D eigenvalue weighted by Crippen LogP contribution is -1.88. The fraction of sp³-hybridized carbons (Fsp3) is 0.0909. The van der Waals surface area contributed by atoms with Crippen LogP contribution in [0.5, 0.6) is 0 Å². The van der Waals surface area contributed by atoms with Gasteiger partial charge in [-0.05, 0) is 24.0 Å². The Morgan fingerprint density at radius 2 is 0.682 bits per heavy atom. The van der Waals surface area contributed by atoms with Gasteiger partial charge in [0.25, 0.3) is 0 Å². The lowest BCUT2D eigenvalue weighted by Gasteiger charge is -2.08. The van der Waals surface area contributed by atoms with Gasteiger partial charge in [0.15, 0.2) is 0 Å². The van der Waals surface area contributed by atoms with Crippen molar-refractivity contribution in [2.75, 3.05) is 0 Å². The van der Waals surface area contributed by atoms with E-state index in [0.29, 0.717) is 0 Å². The lowest BCUT2D eigenvalue weighted by atomic mass is 9.98. The molecule has 0 radical (unpaired) electrons. The number of hydrogen-bond donors (Lipinski definition) is 0. The standard InChI is InChI=1S/C22H22/c1-2-6-10-14-18-21(17-13-9-5-1)22-19-15-11-7-3-4-8-12-16-20-22/h1-17,19H,18,20H2/b5-1-,6-2-,7-3-,8-4-,13-9-,14-10-,15-11-,16-12-,21-17-,22-19+. The summed E-state index contributed by atoms with van der Waals surface area (Å²) in [6, 6.07) is 0. The summed E-state index contributed by atoms with van der Waals surface area (Å²) in [6.45, 7) is 0. The van der Waals surface area contributed by atoms with Gasteiger partial charge in [-0.1, -0.05) is 109 Å². The van der Waals surface area contributed by atoms with E-state index in [1.165, 1.54) is 11.1 Å². The monoisotopic (exact) mass is 286 g/mol. The highest BCUT2D eigenvalue weighted by Crippen LogP contribution is 2.20. The van der Waals surface area contributed by atoms with Crippen LogP contribution in [0.2, 0.25) is 0 Å². The fourth-order valence-corrected chi connectivity index (χ4v) is 2.14. The van der Waals surface area contributed by atoms with Crippen molar-refractivity contribution >= 4 is 0 Å². The Labute approximate surface area is 133 Å². The molecule has 2 rings (SSSR count). The van der Waals surface area contributed by atoms with Crippen LogP contribution in [0.3, 0.4) is 0 Å². The second-order valence-electron chi connectivity index (χ2n) is 4.96. The predicted molar refractivity (Wildman–Crippen MR) is 98.5 cm³/mol. The zero-order chi connectivity index (χ0) is 15.3. The highest BCUT2D eigenvalue weighted by atomic mass is 14.1. The summed E-state index contributed by atoms with van der Waals surface area (Å²) in [4.78, 5) is 0. The van der Waals surface area contributed by atoms with Crippen molar-refractivity contribution in [3.8, 4) is 0 Å². The maximum Gasteiger partial charge on any atom is -0.00915 e. The summed E-state index contributed by atoms with van der Waals surface area (Å²) in [7, 11) is 0. The average Bonchev–Trinajstić information content (AvgIpc) is 2.64. The molecule has 0 amide bonds. The van der Waals surface area contributed by atoms with Crippen LogP contribution in [0.25, 0.3) is 0 Å². The molecule has 0 nitrogen and oxygen atoms in total. The fourth-order valence-electron chi connectivity index (χ4n) is 2.14. The van der Waals surface area contributed by atoms with Gasteiger partial charge < -0.3 is 0 Å². The van der Waals surface area contributed by atoms with Gasteiger partial charge in [-0.25, -0.2) is 0 Å². The van der Waals surface area contributed by atoms with Crippen molar-refractivity contribution in [2.45, 2.75) is 12.8 Å². The molecule has 0 saturated heterocycles. The van der Waals surface area contributed by atoms with E-state index in [9.17, 15) is 0 Å². The zero-order valence-electron chi connectivity index (χ0n) is 12.8. The van der Waals surface area contributed by atoms with Gasteiger partial charge in [-0.15, -0.1) is 0 Å². The molecule has 0 fully saturated rings. The molecule has 0 aromatic carbocycles. The summed E-state index contributed by atoms with van der Waals surface area (Å²) in [5.41, 5.74) is 2.69. The van der Waals surface area contributed by atoms with Gasteiger partial charge in [0.2, 0.25) is 0 Å². The summed E-state index contributed by atoms with van der Waals surface area (Å²) >= 11 is 0. The lowest BCUT2D eigenvalue weighted by molar-refractivity contribution is 1.14. The van der Waals surface area contributed by atoms with Crippen LogP contribution >= 0.6 is 0 Å². The first-order valence-corrected chi connectivity index (χ1v) is 7.68. The van der Waals surface area contributed by atoms with Crippen LogP contribution in [-0.2, 0) is 0 Å². The molecule has 0 unspecified atom stereocenters. The van der Waals surface area contributed by atoms with Gasteiger partial charge in [0.1, 0.15) is 0 Å². The summed E-state index contributed by atoms with van der Waals surface area (Å²) in [5.74, 6) is 0. The van der Waals surface area contributed by atoms with E-state index in [0.717, 1.165) is 12.8 Å². The molecule has 0 bridgehead atoms. The van der Waals surface area contributed by atoms with Crippen molar-refractivity contribution in [2.24, 2.45) is 0 Å². The molecule has 0 N–H and O–H groups in total. The molecule has 2 aliphatic rings. The third kappa shape index (κ3) is 6.23. The van der Waals surface area contributed by atoms with Crippen LogP contribution in [-0.4, -0.2) is 0 Å². The van der Waals surface area contributed by atoms with Crippen LogP contribution in [0, 0.1) is 0 Å². The third-order valence-electron chi connectivity index (χ3n) is 3.29. The Hall–Kier alpha value is -2.60. The molecule has 0 heterocycles. The molecule has 0 aromatic rings. The quantitative estimate of drug-likeness (QED) is 0.546. The third-order valence-corrected chi connectivity index (χ3v) is 3.29. The maximum absolute atomic E-state index is 2.21. The number of hydrogen-bond acceptors (Lipinski definition) is 0. The Morgan fingerprint density at radius 1 is 0.364 bits per heavy atom. The van der Waals surface area contributed by atoms with Crippen molar-refractivity contribution in [3.05, 3.63) is 121 Å². The molecular formula is C22H22. The predicted octanol–water partition coefficient (Wildman–Crippen LogP) is 6.10. The van der Waals surface area contributed by atoms with Crippen molar-refractivity contribution in [3.63, 3.8) is 0 Å². The molecule has 0 aromatic heterocycles. The smallest absolute Gasteiger partial charge is 0.00915 e. The first-order chi connectivity index (χ1) is 11.0. The van der Waals surface area contributed by atoms with Gasteiger partial charge >= 0.3 is 0 Å². The average molecular weight is 286 g/mol. The molecule has 0 spiro atoms. The minimum Gasteiger partial charge on any atom is -0.0801 e. The largest absolute Gasteiger partial charge is 0.0801 e. The van der Waals surface area contributed by atoms with Gasteiger partial charge in [-0.2, -0.15) is 0 Å². The van der Waals surface area contributed by atoms with E-state index >= 15 is 0 Å². The van der Waals surface area contributed by atoms with Gasteiger partial charge in [0.05, 0.1) is 0 Å². The second kappa shape index (κ2) is 10.2. The first kappa shape index (κ1) is 15.8. The maximum atomic E-state index is 2.21. The number of allylic oxidation sites excluding steroid dienone is 20. The Morgan fingerprint density at radius 3 is 1.09 bits per heavy atom. The summed E-state index contributed by atoms with van der Waals surface area (Å²) in [6.07, 6.45) is 39.6. The number of rotatable bonds is 1. The van der Waals surface area contributed by atoms with Crippen LogP contribution in [0.4, 0.5) is 0 Å². The minimum absolute atomic E-state index is 0.938. The van der Waals surface area contributed by atoms with E-state index < -0.39 is 0 Å². The highest BCUT2D eigenvalue weighted by Gasteiger charge is 2.01. The Balaban J connectivity index is 2.27. The molecule has 110 valence electrons. The SMILES string of the molecule is C1=C\C=C/C=C(\C2=C\C=C/C=C\C=C/C=C\C2)C/C=C\C=C/1. The normalized spacial score (nSPS) is 34.9. The molecule has 22 heavy (non-hydrogen) atoms. The van der Waals surface area contributed by atoms with E-state index in [1.807, 2.05) is 36.5 Å². The Bertz CT molecular complexity index is 578. The first-order valence-electron chi connectivity index (χ1n) is 7.68. The summed E-state index contributed by atoms with van der Waals surface area (Å²) < 4.78 is 0. The van der Waals surface area contributed by atoms with E-state index in [1.54, 1.807) is 0 Å². The molecule has 0 saturated carbocycles. The van der Waals surface area contributed by atoms with E-state index in [4.69, 9.17) is 0 Å². The van der Waals surface area contributed by atoms with Crippen LogP contribution in [0.15, 0.2) is 121 Å². The van der Waals surface area contributed by atoms with Crippen LogP contribution < -0.4 is 0 Å². The van der Waals surface area contributed by atoms with E-state index in [2.05, 4.69) is 72.9 Å². The molecule has 2 aliphatic carbocycles. The van der Waals surface area contributed by atoms with E-state index in [-0.39, 0.29) is 0 Å². The van der Waals surface area contributed by atoms with Crippen molar-refractivity contribution in [1.82, 2.24) is 0 Å². The minimum atomic E-state index is 0.938. The Kier molecular flexibility index (Phi) is 7.30. The zero-order valence-corrected chi connectivity index (χ0v) is 12.8. The molecular weight excluding hydrogens is 264 g/mol.